The van der Waals surface area contributed by atoms with E-state index in [4.69, 9.17) is 0 Å². The highest BCUT2D eigenvalue weighted by Crippen LogP contribution is 2.31. The zero-order valence-corrected chi connectivity index (χ0v) is 15.1. The molecule has 1 saturated heterocycles. The van der Waals surface area contributed by atoms with E-state index in [0.717, 1.165) is 31.2 Å². The molecule has 2 fully saturated rings. The molecule has 0 radical (unpaired) electrons. The molecular formula is C17H25N3O3S. The summed E-state index contributed by atoms with van der Waals surface area (Å²) in [4.78, 5) is 18.0. The lowest BCUT2D eigenvalue weighted by Gasteiger charge is -2.42. The van der Waals surface area contributed by atoms with Crippen LogP contribution in [-0.4, -0.2) is 53.9 Å². The Hall–Kier alpha value is -1.47. The van der Waals surface area contributed by atoms with Gasteiger partial charge in [0, 0.05) is 44.5 Å². The summed E-state index contributed by atoms with van der Waals surface area (Å²) in [6.07, 6.45) is 7.45. The number of nitrogens with zero attached hydrogens (tertiary/aromatic N) is 3. The maximum absolute atomic E-state index is 12.8. The Morgan fingerprint density at radius 3 is 2.42 bits per heavy atom. The van der Waals surface area contributed by atoms with Crippen molar-refractivity contribution in [3.05, 3.63) is 30.1 Å². The lowest BCUT2D eigenvalue weighted by molar-refractivity contribution is -0.138. The summed E-state index contributed by atoms with van der Waals surface area (Å²) in [5.74, 6) is 0.255. The number of pyridine rings is 1. The van der Waals surface area contributed by atoms with Crippen molar-refractivity contribution in [2.24, 2.45) is 5.92 Å². The van der Waals surface area contributed by atoms with Gasteiger partial charge in [0.2, 0.25) is 15.9 Å². The van der Waals surface area contributed by atoms with Crippen molar-refractivity contribution in [1.82, 2.24) is 14.2 Å². The van der Waals surface area contributed by atoms with Crippen LogP contribution in [0, 0.1) is 5.92 Å². The van der Waals surface area contributed by atoms with Crippen molar-refractivity contribution in [3.63, 3.8) is 0 Å². The second-order valence-electron chi connectivity index (χ2n) is 6.86. The molecule has 1 atom stereocenters. The van der Waals surface area contributed by atoms with E-state index in [1.54, 1.807) is 24.3 Å². The van der Waals surface area contributed by atoms with Gasteiger partial charge >= 0.3 is 0 Å². The summed E-state index contributed by atoms with van der Waals surface area (Å²) in [7, 11) is -1.81. The van der Waals surface area contributed by atoms with Crippen LogP contribution in [0.2, 0.25) is 0 Å². The molecule has 1 aromatic rings. The number of rotatable bonds is 5. The summed E-state index contributed by atoms with van der Waals surface area (Å²) >= 11 is 0. The summed E-state index contributed by atoms with van der Waals surface area (Å²) in [6.45, 7) is 2.52. The molecule has 1 aromatic heterocycles. The van der Waals surface area contributed by atoms with Crippen LogP contribution in [0.25, 0.3) is 0 Å². The van der Waals surface area contributed by atoms with Crippen LogP contribution < -0.4 is 0 Å². The van der Waals surface area contributed by atoms with Crippen LogP contribution >= 0.6 is 0 Å². The number of amides is 1. The van der Waals surface area contributed by atoms with E-state index in [9.17, 15) is 13.2 Å². The second-order valence-corrected chi connectivity index (χ2v) is 9.14. The normalized spacial score (nSPS) is 21.0. The van der Waals surface area contributed by atoms with Gasteiger partial charge in [-0.3, -0.25) is 9.78 Å². The molecule has 132 valence electrons. The van der Waals surface area contributed by atoms with Gasteiger partial charge in [0.05, 0.1) is 0 Å². The number of sulfonamides is 1. The van der Waals surface area contributed by atoms with Gasteiger partial charge in [0.1, 0.15) is 5.25 Å². The molecule has 7 heteroatoms. The minimum Gasteiger partial charge on any atom is -0.340 e. The van der Waals surface area contributed by atoms with E-state index in [-0.39, 0.29) is 17.9 Å². The summed E-state index contributed by atoms with van der Waals surface area (Å²) in [5.41, 5.74) is 0.911. The largest absolute Gasteiger partial charge is 0.340 e. The van der Waals surface area contributed by atoms with Gasteiger partial charge < -0.3 is 4.90 Å². The van der Waals surface area contributed by atoms with Crippen LogP contribution in [0.15, 0.2) is 24.5 Å². The van der Waals surface area contributed by atoms with Crippen LogP contribution in [0.5, 0.6) is 0 Å². The molecule has 0 bridgehead atoms. The molecule has 3 rings (SSSR count). The third kappa shape index (κ3) is 3.19. The van der Waals surface area contributed by atoms with Crippen molar-refractivity contribution in [2.45, 2.75) is 43.9 Å². The van der Waals surface area contributed by atoms with Gasteiger partial charge in [0.25, 0.3) is 0 Å². The third-order valence-corrected chi connectivity index (χ3v) is 7.68. The maximum Gasteiger partial charge on any atom is 0.225 e. The molecule has 2 heterocycles. The molecule has 0 unspecified atom stereocenters. The summed E-state index contributed by atoms with van der Waals surface area (Å²) < 4.78 is 27.0. The number of likely N-dealkylation sites (tertiary alicyclic amines) is 1. The molecule has 0 N–H and O–H groups in total. The standard InChI is InChI=1S/C17H25N3O3S/c1-13(14-7-9-18-10-8-14)19(2)24(22,23)16-11-20(12-16)17(21)15-5-3-4-6-15/h7-10,13,15-16H,3-6,11-12H2,1-2H3/t13-/m1/s1. The van der Waals surface area contributed by atoms with Gasteiger partial charge in [-0.05, 0) is 37.5 Å². The monoisotopic (exact) mass is 351 g/mol. The predicted octanol–water partition coefficient (Wildman–Crippen LogP) is 1.81. The zero-order chi connectivity index (χ0) is 17.3. The van der Waals surface area contributed by atoms with Crippen LogP contribution in [0.4, 0.5) is 0 Å². The maximum atomic E-state index is 12.8. The Bertz CT molecular complexity index is 680. The number of hydrogen-bond donors (Lipinski definition) is 0. The second kappa shape index (κ2) is 6.80. The zero-order valence-electron chi connectivity index (χ0n) is 14.3. The third-order valence-electron chi connectivity index (χ3n) is 5.42. The van der Waals surface area contributed by atoms with E-state index in [1.165, 1.54) is 4.31 Å². The number of aromatic nitrogens is 1. The van der Waals surface area contributed by atoms with E-state index in [0.29, 0.717) is 13.1 Å². The lowest BCUT2D eigenvalue weighted by atomic mass is 10.0. The van der Waals surface area contributed by atoms with Crippen molar-refractivity contribution in [1.29, 1.82) is 0 Å². The first-order chi connectivity index (χ1) is 11.4. The molecule has 2 aliphatic rings. The smallest absolute Gasteiger partial charge is 0.225 e. The molecule has 1 amide bonds. The Balaban J connectivity index is 1.61. The summed E-state index contributed by atoms with van der Waals surface area (Å²) in [5, 5.41) is -0.489. The Labute approximate surface area is 143 Å². The quantitative estimate of drug-likeness (QED) is 0.811. The molecule has 6 nitrogen and oxygen atoms in total. The van der Waals surface area contributed by atoms with E-state index in [1.807, 2.05) is 19.1 Å². The van der Waals surface area contributed by atoms with Crippen molar-refractivity contribution < 1.29 is 13.2 Å². The first-order valence-corrected chi connectivity index (χ1v) is 10.1. The summed E-state index contributed by atoms with van der Waals surface area (Å²) in [6, 6.07) is 3.40. The average Bonchev–Trinajstić information content (AvgIpc) is 3.07. The first kappa shape index (κ1) is 17.4. The van der Waals surface area contributed by atoms with Crippen molar-refractivity contribution in [3.8, 4) is 0 Å². The Morgan fingerprint density at radius 2 is 1.83 bits per heavy atom. The van der Waals surface area contributed by atoms with E-state index in [2.05, 4.69) is 4.98 Å². The Morgan fingerprint density at radius 1 is 1.25 bits per heavy atom. The van der Waals surface area contributed by atoms with Crippen molar-refractivity contribution >= 4 is 15.9 Å². The molecule has 1 saturated carbocycles. The fraction of sp³-hybridized carbons (Fsp3) is 0.647. The molecular weight excluding hydrogens is 326 g/mol. The van der Waals surface area contributed by atoms with Crippen LogP contribution in [0.3, 0.4) is 0 Å². The molecule has 1 aliphatic carbocycles. The highest BCUT2D eigenvalue weighted by molar-refractivity contribution is 7.89. The van der Waals surface area contributed by atoms with E-state index < -0.39 is 15.3 Å². The van der Waals surface area contributed by atoms with Crippen LogP contribution in [-0.2, 0) is 14.8 Å². The minimum absolute atomic E-state index is 0.113. The molecule has 0 spiro atoms. The average molecular weight is 351 g/mol. The minimum atomic E-state index is -3.42. The van der Waals surface area contributed by atoms with Gasteiger partial charge in [-0.15, -0.1) is 0 Å². The lowest BCUT2D eigenvalue weighted by Crippen LogP contribution is -2.60. The number of carbonyl (C=O) groups is 1. The predicted molar refractivity (Wildman–Crippen MR) is 91.7 cm³/mol. The molecule has 0 aromatic carbocycles. The van der Waals surface area contributed by atoms with Gasteiger partial charge in [-0.1, -0.05) is 12.8 Å². The SMILES string of the molecule is C[C@H](c1ccncc1)N(C)S(=O)(=O)C1CN(C(=O)C2CCCC2)C1. The van der Waals surface area contributed by atoms with Crippen molar-refractivity contribution in [2.75, 3.05) is 20.1 Å². The molecule has 1 aliphatic heterocycles. The van der Waals surface area contributed by atoms with Crippen LogP contribution in [0.1, 0.15) is 44.2 Å². The topological polar surface area (TPSA) is 70.6 Å². The first-order valence-electron chi connectivity index (χ1n) is 8.57. The Kier molecular flexibility index (Phi) is 4.92. The fourth-order valence-corrected chi connectivity index (χ4v) is 5.31. The number of carbonyl (C=O) groups excluding carboxylic acids is 1. The van der Waals surface area contributed by atoms with Gasteiger partial charge in [-0.25, -0.2) is 8.42 Å². The molecule has 24 heavy (non-hydrogen) atoms. The highest BCUT2D eigenvalue weighted by Gasteiger charge is 2.44. The van der Waals surface area contributed by atoms with E-state index >= 15 is 0 Å². The number of hydrogen-bond acceptors (Lipinski definition) is 4. The van der Waals surface area contributed by atoms with Gasteiger partial charge in [0.15, 0.2) is 0 Å². The van der Waals surface area contributed by atoms with Gasteiger partial charge in [-0.2, -0.15) is 4.31 Å². The highest BCUT2D eigenvalue weighted by atomic mass is 32.2. The fourth-order valence-electron chi connectivity index (χ4n) is 3.54.